The molecule has 0 spiro atoms. The summed E-state index contributed by atoms with van der Waals surface area (Å²) in [7, 11) is 1.54. The monoisotopic (exact) mass is 200 g/mol. The van der Waals surface area contributed by atoms with Gasteiger partial charge in [-0.3, -0.25) is 4.79 Å². The lowest BCUT2D eigenvalue weighted by Gasteiger charge is -2.13. The van der Waals surface area contributed by atoms with Gasteiger partial charge in [0.05, 0.1) is 0 Å². The first-order valence-corrected chi connectivity index (χ1v) is 5.19. The lowest BCUT2D eigenvalue weighted by Crippen LogP contribution is -2.36. The van der Waals surface area contributed by atoms with E-state index < -0.39 is 0 Å². The first-order valence-electron chi connectivity index (χ1n) is 5.19. The molecular weight excluding hydrogens is 180 g/mol. The molecule has 4 heteroatoms. The van der Waals surface area contributed by atoms with Gasteiger partial charge in [-0.2, -0.15) is 0 Å². The van der Waals surface area contributed by atoms with Crippen molar-refractivity contribution in [3.8, 4) is 0 Å². The Bertz CT molecular complexity index is 197. The van der Waals surface area contributed by atoms with Gasteiger partial charge in [0.25, 0.3) is 0 Å². The van der Waals surface area contributed by atoms with Gasteiger partial charge < -0.3 is 15.8 Å². The van der Waals surface area contributed by atoms with Gasteiger partial charge in [0.1, 0.15) is 6.10 Å². The fourth-order valence-corrected chi connectivity index (χ4v) is 1.79. The second kappa shape index (κ2) is 5.32. The summed E-state index contributed by atoms with van der Waals surface area (Å²) in [6.45, 7) is 2.48. The van der Waals surface area contributed by atoms with E-state index in [2.05, 4.69) is 5.32 Å². The minimum atomic E-state index is -0.356. The highest BCUT2D eigenvalue weighted by molar-refractivity contribution is 5.80. The second-order valence-corrected chi connectivity index (χ2v) is 4.06. The van der Waals surface area contributed by atoms with Crippen LogP contribution in [-0.2, 0) is 9.53 Å². The van der Waals surface area contributed by atoms with Crippen LogP contribution in [0.2, 0.25) is 0 Å². The van der Waals surface area contributed by atoms with E-state index >= 15 is 0 Å². The third kappa shape index (κ3) is 3.27. The van der Waals surface area contributed by atoms with E-state index in [0.717, 1.165) is 25.8 Å². The molecule has 3 atom stereocenters. The van der Waals surface area contributed by atoms with Crippen molar-refractivity contribution in [1.82, 2.24) is 5.32 Å². The molecule has 0 heterocycles. The minimum absolute atomic E-state index is 0.0343. The number of amides is 1. The molecule has 3 N–H and O–H groups in total. The summed E-state index contributed by atoms with van der Waals surface area (Å²) in [5, 5.41) is 2.88. The van der Waals surface area contributed by atoms with Gasteiger partial charge in [-0.1, -0.05) is 0 Å². The molecule has 0 aromatic heterocycles. The van der Waals surface area contributed by atoms with Crippen molar-refractivity contribution in [2.24, 2.45) is 11.7 Å². The molecule has 0 aromatic carbocycles. The Hall–Kier alpha value is -0.610. The SMILES string of the molecule is COC(C)C(=O)NCC1CCC(N)C1. The normalized spacial score (nSPS) is 28.8. The smallest absolute Gasteiger partial charge is 0.248 e. The molecule has 1 amide bonds. The highest BCUT2D eigenvalue weighted by atomic mass is 16.5. The van der Waals surface area contributed by atoms with Gasteiger partial charge in [0.2, 0.25) is 5.91 Å². The van der Waals surface area contributed by atoms with Crippen molar-refractivity contribution >= 4 is 5.91 Å². The van der Waals surface area contributed by atoms with Gasteiger partial charge in [-0.05, 0) is 32.1 Å². The van der Waals surface area contributed by atoms with E-state index in [4.69, 9.17) is 10.5 Å². The fraction of sp³-hybridized carbons (Fsp3) is 0.900. The number of nitrogens with one attached hydrogen (secondary N) is 1. The highest BCUT2D eigenvalue weighted by Crippen LogP contribution is 2.23. The first kappa shape index (κ1) is 11.5. The third-order valence-electron chi connectivity index (χ3n) is 2.87. The average molecular weight is 200 g/mol. The summed E-state index contributed by atoms with van der Waals surface area (Å²) >= 11 is 0. The van der Waals surface area contributed by atoms with Crippen molar-refractivity contribution in [2.45, 2.75) is 38.3 Å². The van der Waals surface area contributed by atoms with Crippen LogP contribution >= 0.6 is 0 Å². The summed E-state index contributed by atoms with van der Waals surface area (Å²) in [6, 6.07) is 0.330. The number of hydrogen-bond donors (Lipinski definition) is 2. The molecule has 0 bridgehead atoms. The van der Waals surface area contributed by atoms with Gasteiger partial charge in [-0.15, -0.1) is 0 Å². The van der Waals surface area contributed by atoms with Crippen LogP contribution in [0.3, 0.4) is 0 Å². The van der Waals surface area contributed by atoms with E-state index in [9.17, 15) is 4.79 Å². The molecule has 3 unspecified atom stereocenters. The molecule has 1 fully saturated rings. The summed E-state index contributed by atoms with van der Waals surface area (Å²) in [5.74, 6) is 0.519. The second-order valence-electron chi connectivity index (χ2n) is 4.06. The number of rotatable bonds is 4. The van der Waals surface area contributed by atoms with Crippen LogP contribution in [0.25, 0.3) is 0 Å². The molecule has 0 aliphatic heterocycles. The lowest BCUT2D eigenvalue weighted by molar-refractivity contribution is -0.130. The molecule has 0 radical (unpaired) electrons. The largest absolute Gasteiger partial charge is 0.372 e. The average Bonchev–Trinajstić information content (AvgIpc) is 2.59. The van der Waals surface area contributed by atoms with E-state index in [1.165, 1.54) is 7.11 Å². The minimum Gasteiger partial charge on any atom is -0.372 e. The van der Waals surface area contributed by atoms with Gasteiger partial charge in [0, 0.05) is 19.7 Å². The molecule has 0 saturated heterocycles. The predicted molar refractivity (Wildman–Crippen MR) is 54.8 cm³/mol. The standard InChI is InChI=1S/C10H20N2O2/c1-7(14-2)10(13)12-6-8-3-4-9(11)5-8/h7-9H,3-6,11H2,1-2H3,(H,12,13). The number of methoxy groups -OCH3 is 1. The number of nitrogens with two attached hydrogens (primary N) is 1. The van der Waals surface area contributed by atoms with Crippen LogP contribution in [0.15, 0.2) is 0 Å². The van der Waals surface area contributed by atoms with E-state index in [-0.39, 0.29) is 12.0 Å². The molecule has 14 heavy (non-hydrogen) atoms. The van der Waals surface area contributed by atoms with Crippen molar-refractivity contribution in [2.75, 3.05) is 13.7 Å². The Kier molecular flexibility index (Phi) is 4.35. The van der Waals surface area contributed by atoms with Crippen molar-refractivity contribution in [3.05, 3.63) is 0 Å². The van der Waals surface area contributed by atoms with Gasteiger partial charge in [-0.25, -0.2) is 0 Å². The predicted octanol–water partition coefficient (Wildman–Crippen LogP) is 0.265. The van der Waals surface area contributed by atoms with Crippen LogP contribution in [0.4, 0.5) is 0 Å². The summed E-state index contributed by atoms with van der Waals surface area (Å²) in [5.41, 5.74) is 5.78. The van der Waals surface area contributed by atoms with Crippen LogP contribution in [0, 0.1) is 5.92 Å². The maximum Gasteiger partial charge on any atom is 0.248 e. The van der Waals surface area contributed by atoms with Crippen molar-refractivity contribution in [1.29, 1.82) is 0 Å². The molecule has 1 aliphatic carbocycles. The maximum absolute atomic E-state index is 11.3. The highest BCUT2D eigenvalue weighted by Gasteiger charge is 2.22. The first-order chi connectivity index (χ1) is 6.63. The molecule has 1 rings (SSSR count). The molecule has 1 saturated carbocycles. The topological polar surface area (TPSA) is 64.3 Å². The Labute approximate surface area is 85.2 Å². The zero-order valence-corrected chi connectivity index (χ0v) is 8.95. The fourth-order valence-electron chi connectivity index (χ4n) is 1.79. The number of ether oxygens (including phenoxy) is 1. The molecular formula is C10H20N2O2. The molecule has 4 nitrogen and oxygen atoms in total. The Morgan fingerprint density at radius 2 is 2.36 bits per heavy atom. The van der Waals surface area contributed by atoms with Crippen molar-refractivity contribution < 1.29 is 9.53 Å². The Balaban J connectivity index is 2.17. The molecule has 82 valence electrons. The Morgan fingerprint density at radius 1 is 1.64 bits per heavy atom. The summed E-state index contributed by atoms with van der Waals surface area (Å²) in [4.78, 5) is 11.3. The number of carbonyl (C=O) groups excluding carboxylic acids is 1. The third-order valence-corrected chi connectivity index (χ3v) is 2.87. The Morgan fingerprint density at radius 3 is 2.86 bits per heavy atom. The van der Waals surface area contributed by atoms with E-state index in [1.54, 1.807) is 6.92 Å². The number of hydrogen-bond acceptors (Lipinski definition) is 3. The molecule has 1 aliphatic rings. The zero-order valence-electron chi connectivity index (χ0n) is 8.95. The van der Waals surface area contributed by atoms with Crippen LogP contribution in [0.5, 0.6) is 0 Å². The molecule has 0 aromatic rings. The van der Waals surface area contributed by atoms with Gasteiger partial charge in [0.15, 0.2) is 0 Å². The van der Waals surface area contributed by atoms with E-state index in [0.29, 0.717) is 12.0 Å². The van der Waals surface area contributed by atoms with Crippen LogP contribution in [0.1, 0.15) is 26.2 Å². The summed E-state index contributed by atoms with van der Waals surface area (Å²) < 4.78 is 4.91. The van der Waals surface area contributed by atoms with E-state index in [1.807, 2.05) is 0 Å². The number of carbonyl (C=O) groups is 1. The lowest BCUT2D eigenvalue weighted by atomic mass is 10.1. The zero-order chi connectivity index (χ0) is 10.6. The van der Waals surface area contributed by atoms with Crippen molar-refractivity contribution in [3.63, 3.8) is 0 Å². The van der Waals surface area contributed by atoms with Gasteiger partial charge >= 0.3 is 0 Å². The quantitative estimate of drug-likeness (QED) is 0.684. The maximum atomic E-state index is 11.3. The summed E-state index contributed by atoms with van der Waals surface area (Å²) in [6.07, 6.45) is 2.88. The van der Waals surface area contributed by atoms with Crippen LogP contribution in [-0.4, -0.2) is 31.7 Å². The van der Waals surface area contributed by atoms with Crippen LogP contribution < -0.4 is 11.1 Å².